The van der Waals surface area contributed by atoms with Crippen molar-refractivity contribution in [3.63, 3.8) is 0 Å². The summed E-state index contributed by atoms with van der Waals surface area (Å²) < 4.78 is 25.9. The molecule has 0 saturated carbocycles. The minimum Gasteiger partial charge on any atom is -0.497 e. The Labute approximate surface area is 198 Å². The fourth-order valence-electron chi connectivity index (χ4n) is 4.74. The summed E-state index contributed by atoms with van der Waals surface area (Å²) in [5.74, 6) is 2.20. The van der Waals surface area contributed by atoms with Crippen molar-refractivity contribution in [2.75, 3.05) is 39.1 Å². The Morgan fingerprint density at radius 1 is 1.27 bits per heavy atom. The van der Waals surface area contributed by atoms with Crippen molar-refractivity contribution in [3.05, 3.63) is 48.5 Å². The number of pyridine rings is 1. The fourth-order valence-corrected chi connectivity index (χ4v) is 5.44. The highest BCUT2D eigenvalue weighted by Crippen LogP contribution is 2.35. The van der Waals surface area contributed by atoms with E-state index in [2.05, 4.69) is 14.9 Å². The van der Waals surface area contributed by atoms with Gasteiger partial charge in [0.15, 0.2) is 0 Å². The summed E-state index contributed by atoms with van der Waals surface area (Å²) in [6.45, 7) is 3.01. The van der Waals surface area contributed by atoms with Crippen molar-refractivity contribution in [2.45, 2.75) is 37.1 Å². The number of rotatable bonds is 11. The maximum atomic E-state index is 15.3. The third-order valence-corrected chi connectivity index (χ3v) is 7.52. The zero-order valence-electron chi connectivity index (χ0n) is 19.0. The molecule has 1 fully saturated rings. The third kappa shape index (κ3) is 6.25. The zero-order valence-corrected chi connectivity index (χ0v) is 19.8. The minimum atomic E-state index is -1.06. The highest BCUT2D eigenvalue weighted by atomic mass is 32.2. The van der Waals surface area contributed by atoms with Crippen LogP contribution in [0.3, 0.4) is 0 Å². The maximum Gasteiger partial charge on any atom is 0.255 e. The van der Waals surface area contributed by atoms with Crippen LogP contribution in [0.15, 0.2) is 52.6 Å². The van der Waals surface area contributed by atoms with Crippen molar-refractivity contribution < 1.29 is 18.7 Å². The first kappa shape index (κ1) is 24.0. The van der Waals surface area contributed by atoms with E-state index < -0.39 is 6.17 Å². The van der Waals surface area contributed by atoms with Crippen LogP contribution in [0, 0.1) is 11.8 Å². The summed E-state index contributed by atoms with van der Waals surface area (Å²) in [7, 11) is 1.61. The normalized spacial score (nSPS) is 20.2. The van der Waals surface area contributed by atoms with Crippen LogP contribution < -0.4 is 4.74 Å². The SMILES string of the molecule is COc1ccc2nccc([C@@H](F)CC[C@@H]3CCN(CCCSc4ncco4)C[C@@H]3CO)c2c1. The molecule has 0 bridgehead atoms. The molecule has 1 aliphatic heterocycles. The van der Waals surface area contributed by atoms with Crippen LogP contribution in [-0.4, -0.2) is 59.1 Å². The highest BCUT2D eigenvalue weighted by Gasteiger charge is 2.29. The molecular weight excluding hydrogens is 441 g/mol. The summed E-state index contributed by atoms with van der Waals surface area (Å²) in [5.41, 5.74) is 1.44. The Morgan fingerprint density at radius 2 is 2.18 bits per heavy atom. The molecule has 1 saturated heterocycles. The Balaban J connectivity index is 1.27. The van der Waals surface area contributed by atoms with Crippen molar-refractivity contribution in [3.8, 4) is 5.75 Å². The van der Waals surface area contributed by atoms with Crippen molar-refractivity contribution in [1.29, 1.82) is 0 Å². The molecular formula is C25H32FN3O3S. The molecule has 0 spiro atoms. The first-order valence-corrected chi connectivity index (χ1v) is 12.6. The summed E-state index contributed by atoms with van der Waals surface area (Å²) in [6, 6.07) is 7.35. The smallest absolute Gasteiger partial charge is 0.255 e. The van der Waals surface area contributed by atoms with Crippen LogP contribution in [0.25, 0.3) is 10.9 Å². The average molecular weight is 474 g/mol. The van der Waals surface area contributed by atoms with E-state index >= 15 is 4.39 Å². The number of alkyl halides is 1. The van der Waals surface area contributed by atoms with Crippen molar-refractivity contribution >= 4 is 22.7 Å². The highest BCUT2D eigenvalue weighted by molar-refractivity contribution is 7.99. The molecule has 1 aliphatic rings. The number of aromatic nitrogens is 2. The lowest BCUT2D eigenvalue weighted by Gasteiger charge is -2.38. The topological polar surface area (TPSA) is 71.6 Å². The van der Waals surface area contributed by atoms with Gasteiger partial charge in [0.2, 0.25) is 0 Å². The van der Waals surface area contributed by atoms with E-state index in [9.17, 15) is 5.11 Å². The third-order valence-electron chi connectivity index (χ3n) is 6.57. The molecule has 178 valence electrons. The van der Waals surface area contributed by atoms with E-state index in [-0.39, 0.29) is 12.5 Å². The Kier molecular flexibility index (Phi) is 8.58. The number of ether oxygens (including phenoxy) is 1. The Hall–Kier alpha value is -2.16. The number of hydrogen-bond donors (Lipinski definition) is 1. The fraction of sp³-hybridized carbons (Fsp3) is 0.520. The summed E-state index contributed by atoms with van der Waals surface area (Å²) in [5, 5.41) is 11.5. The number of hydrogen-bond acceptors (Lipinski definition) is 7. The second kappa shape index (κ2) is 11.8. The molecule has 0 amide bonds. The molecule has 1 aromatic carbocycles. The van der Waals surface area contributed by atoms with Gasteiger partial charge < -0.3 is 19.2 Å². The van der Waals surface area contributed by atoms with Gasteiger partial charge in [0, 0.05) is 30.5 Å². The molecule has 8 heteroatoms. The molecule has 2 aromatic heterocycles. The van der Waals surface area contributed by atoms with Gasteiger partial charge in [-0.25, -0.2) is 9.37 Å². The number of fused-ring (bicyclic) bond motifs is 1. The number of thioether (sulfide) groups is 1. The zero-order chi connectivity index (χ0) is 23.0. The van der Waals surface area contributed by atoms with E-state index in [0.717, 1.165) is 55.6 Å². The van der Waals surface area contributed by atoms with E-state index in [0.29, 0.717) is 28.9 Å². The van der Waals surface area contributed by atoms with Gasteiger partial charge in [-0.05, 0) is 80.4 Å². The summed E-state index contributed by atoms with van der Waals surface area (Å²) >= 11 is 1.63. The second-order valence-corrected chi connectivity index (χ2v) is 9.67. The minimum absolute atomic E-state index is 0.151. The van der Waals surface area contributed by atoms with Crippen molar-refractivity contribution in [1.82, 2.24) is 14.9 Å². The monoisotopic (exact) mass is 473 g/mol. The number of likely N-dealkylation sites (tertiary alicyclic amines) is 1. The number of nitrogens with zero attached hydrogens (tertiary/aromatic N) is 3. The van der Waals surface area contributed by atoms with Crippen LogP contribution in [0.5, 0.6) is 5.75 Å². The van der Waals surface area contributed by atoms with Crippen LogP contribution in [0.1, 0.15) is 37.4 Å². The van der Waals surface area contributed by atoms with Gasteiger partial charge in [0.05, 0.1) is 18.8 Å². The summed E-state index contributed by atoms with van der Waals surface area (Å²) in [4.78, 5) is 10.9. The van der Waals surface area contributed by atoms with Gasteiger partial charge in [0.25, 0.3) is 5.22 Å². The van der Waals surface area contributed by atoms with E-state index in [4.69, 9.17) is 9.15 Å². The number of piperidine rings is 1. The van der Waals surface area contributed by atoms with E-state index in [1.165, 1.54) is 0 Å². The molecule has 0 radical (unpaired) electrons. The summed E-state index contributed by atoms with van der Waals surface area (Å²) in [6.07, 6.45) is 7.12. The first-order valence-electron chi connectivity index (χ1n) is 11.6. The lowest BCUT2D eigenvalue weighted by molar-refractivity contribution is 0.0640. The van der Waals surface area contributed by atoms with Gasteiger partial charge in [0.1, 0.15) is 18.2 Å². The van der Waals surface area contributed by atoms with Gasteiger partial charge in [-0.1, -0.05) is 11.8 Å². The molecule has 3 heterocycles. The number of aliphatic hydroxyl groups is 1. The van der Waals surface area contributed by atoms with E-state index in [1.54, 1.807) is 43.6 Å². The predicted octanol–water partition coefficient (Wildman–Crippen LogP) is 5.14. The Morgan fingerprint density at radius 3 is 2.97 bits per heavy atom. The van der Waals surface area contributed by atoms with Crippen LogP contribution >= 0.6 is 11.8 Å². The van der Waals surface area contributed by atoms with Crippen LogP contribution in [0.2, 0.25) is 0 Å². The number of halogens is 1. The van der Waals surface area contributed by atoms with Crippen molar-refractivity contribution in [2.24, 2.45) is 11.8 Å². The second-order valence-electron chi connectivity index (χ2n) is 8.62. The molecule has 33 heavy (non-hydrogen) atoms. The van der Waals surface area contributed by atoms with Crippen LogP contribution in [0.4, 0.5) is 4.39 Å². The molecule has 1 N–H and O–H groups in total. The lowest BCUT2D eigenvalue weighted by atomic mass is 9.81. The predicted molar refractivity (Wildman–Crippen MR) is 128 cm³/mol. The molecule has 4 rings (SSSR count). The quantitative estimate of drug-likeness (QED) is 0.306. The molecule has 3 atom stereocenters. The largest absolute Gasteiger partial charge is 0.497 e. The molecule has 6 nitrogen and oxygen atoms in total. The van der Waals surface area contributed by atoms with Gasteiger partial charge >= 0.3 is 0 Å². The number of methoxy groups -OCH3 is 1. The first-order chi connectivity index (χ1) is 16.2. The standard InChI is InChI=1S/C25H32FN3O3S/c1-31-20-4-6-24-22(15-20)21(7-9-27-24)23(26)5-3-18-8-12-29(16-19(18)17-30)11-2-14-33-25-28-10-13-32-25/h4,6-7,9-10,13,15,18-19,23,30H,2-3,5,8,11-12,14,16-17H2,1H3/t18-,19-,23+/m1/s1. The lowest BCUT2D eigenvalue weighted by Crippen LogP contribution is -2.42. The van der Waals surface area contributed by atoms with Gasteiger partial charge in [-0.15, -0.1) is 0 Å². The number of aliphatic hydroxyl groups excluding tert-OH is 1. The van der Waals surface area contributed by atoms with Crippen LogP contribution in [-0.2, 0) is 0 Å². The molecule has 0 aliphatic carbocycles. The number of benzene rings is 1. The van der Waals surface area contributed by atoms with E-state index in [1.807, 2.05) is 18.2 Å². The maximum absolute atomic E-state index is 15.3. The molecule has 0 unspecified atom stereocenters. The average Bonchev–Trinajstić information content (AvgIpc) is 3.38. The van der Waals surface area contributed by atoms with Gasteiger partial charge in [-0.3, -0.25) is 4.98 Å². The Bertz CT molecular complexity index is 1000. The molecule has 3 aromatic rings. The van der Waals surface area contributed by atoms with Gasteiger partial charge in [-0.2, -0.15) is 0 Å². The number of oxazole rings is 1.